The van der Waals surface area contributed by atoms with Crippen molar-refractivity contribution in [3.05, 3.63) is 11.7 Å². The van der Waals surface area contributed by atoms with E-state index in [1.807, 2.05) is 0 Å². The van der Waals surface area contributed by atoms with Crippen molar-refractivity contribution in [2.24, 2.45) is 11.7 Å². The van der Waals surface area contributed by atoms with Crippen LogP contribution < -0.4 is 5.73 Å². The zero-order valence-corrected chi connectivity index (χ0v) is 11.6. The fraction of sp³-hybridized carbons (Fsp3) is 0.857. The van der Waals surface area contributed by atoms with E-state index >= 15 is 0 Å². The Morgan fingerprint density at radius 1 is 1.28 bits per heavy atom. The summed E-state index contributed by atoms with van der Waals surface area (Å²) in [4.78, 5) is 4.46. The Morgan fingerprint density at radius 2 is 2.00 bits per heavy atom. The molecule has 1 aliphatic rings. The van der Waals surface area contributed by atoms with Gasteiger partial charge >= 0.3 is 0 Å². The van der Waals surface area contributed by atoms with E-state index in [0.717, 1.165) is 43.8 Å². The first-order chi connectivity index (χ1) is 8.57. The summed E-state index contributed by atoms with van der Waals surface area (Å²) < 4.78 is 5.32. The van der Waals surface area contributed by atoms with Gasteiger partial charge in [-0.25, -0.2) is 0 Å². The van der Waals surface area contributed by atoms with E-state index in [9.17, 15) is 0 Å². The van der Waals surface area contributed by atoms with Crippen LogP contribution in [-0.2, 0) is 12.8 Å². The molecule has 1 aromatic heterocycles. The average Bonchev–Trinajstić information content (AvgIpc) is 2.74. The molecule has 18 heavy (non-hydrogen) atoms. The number of aromatic nitrogens is 2. The van der Waals surface area contributed by atoms with E-state index < -0.39 is 0 Å². The molecule has 0 radical (unpaired) electrons. The van der Waals surface area contributed by atoms with Gasteiger partial charge in [0.05, 0.1) is 0 Å². The molecule has 1 aromatic rings. The Labute approximate surface area is 109 Å². The monoisotopic (exact) mass is 251 g/mol. The molecule has 0 aromatic carbocycles. The third-order valence-electron chi connectivity index (χ3n) is 3.81. The van der Waals surface area contributed by atoms with Gasteiger partial charge < -0.3 is 10.3 Å². The van der Waals surface area contributed by atoms with Crippen molar-refractivity contribution in [3.63, 3.8) is 0 Å². The van der Waals surface area contributed by atoms with Gasteiger partial charge in [-0.3, -0.25) is 0 Å². The molecule has 4 heteroatoms. The van der Waals surface area contributed by atoms with Gasteiger partial charge in [0.2, 0.25) is 5.89 Å². The van der Waals surface area contributed by atoms with Crippen molar-refractivity contribution in [2.45, 2.75) is 70.8 Å². The number of rotatable bonds is 5. The summed E-state index contributed by atoms with van der Waals surface area (Å²) in [5, 5.41) is 4.04. The Bertz CT molecular complexity index is 367. The van der Waals surface area contributed by atoms with Crippen LogP contribution in [0.1, 0.15) is 64.1 Å². The second kappa shape index (κ2) is 5.83. The lowest BCUT2D eigenvalue weighted by atomic mass is 9.80. The van der Waals surface area contributed by atoms with E-state index in [-0.39, 0.29) is 5.54 Å². The maximum absolute atomic E-state index is 6.39. The molecule has 0 saturated heterocycles. The minimum atomic E-state index is -0.111. The summed E-state index contributed by atoms with van der Waals surface area (Å²) in [6.07, 6.45) is 8.67. The molecule has 0 bridgehead atoms. The third kappa shape index (κ3) is 3.80. The van der Waals surface area contributed by atoms with Crippen LogP contribution in [0, 0.1) is 5.92 Å². The van der Waals surface area contributed by atoms with E-state index in [1.165, 1.54) is 19.3 Å². The summed E-state index contributed by atoms with van der Waals surface area (Å²) in [7, 11) is 0. The Hall–Kier alpha value is -0.900. The summed E-state index contributed by atoms with van der Waals surface area (Å²) in [5.41, 5.74) is 6.28. The highest BCUT2D eigenvalue weighted by molar-refractivity contribution is 4.97. The smallest absolute Gasteiger partial charge is 0.228 e. The molecule has 0 aliphatic heterocycles. The van der Waals surface area contributed by atoms with Crippen LogP contribution in [0.5, 0.6) is 0 Å². The zero-order valence-electron chi connectivity index (χ0n) is 11.6. The number of hydrogen-bond donors (Lipinski definition) is 1. The van der Waals surface area contributed by atoms with Gasteiger partial charge in [0, 0.05) is 18.4 Å². The van der Waals surface area contributed by atoms with E-state index in [2.05, 4.69) is 24.0 Å². The molecule has 102 valence electrons. The number of hydrogen-bond acceptors (Lipinski definition) is 4. The lowest BCUT2D eigenvalue weighted by molar-refractivity contribution is 0.260. The molecule has 0 amide bonds. The molecule has 4 nitrogen and oxygen atoms in total. The summed E-state index contributed by atoms with van der Waals surface area (Å²) in [5.74, 6) is 2.22. The van der Waals surface area contributed by atoms with E-state index in [4.69, 9.17) is 10.3 Å². The normalized spacial score (nSPS) is 19.3. The fourth-order valence-electron chi connectivity index (χ4n) is 2.62. The highest BCUT2D eigenvalue weighted by Gasteiger charge is 2.29. The van der Waals surface area contributed by atoms with Gasteiger partial charge in [0.1, 0.15) is 0 Å². The molecule has 1 heterocycles. The number of aryl methyl sites for hydroxylation is 1. The highest BCUT2D eigenvalue weighted by Crippen LogP contribution is 2.28. The van der Waals surface area contributed by atoms with Gasteiger partial charge in [-0.05, 0) is 25.2 Å². The van der Waals surface area contributed by atoms with Gasteiger partial charge in [-0.1, -0.05) is 38.3 Å². The summed E-state index contributed by atoms with van der Waals surface area (Å²) >= 11 is 0. The van der Waals surface area contributed by atoms with Crippen molar-refractivity contribution in [1.29, 1.82) is 0 Å². The topological polar surface area (TPSA) is 64.9 Å². The Kier molecular flexibility index (Phi) is 4.38. The predicted molar refractivity (Wildman–Crippen MR) is 71.2 cm³/mol. The second-order valence-electron chi connectivity index (χ2n) is 6.14. The molecule has 0 atom stereocenters. The fourth-order valence-corrected chi connectivity index (χ4v) is 2.62. The molecule has 1 aliphatic carbocycles. The zero-order chi connectivity index (χ0) is 13.0. The first kappa shape index (κ1) is 13.5. The van der Waals surface area contributed by atoms with Gasteiger partial charge in [0.25, 0.3) is 0 Å². The largest absolute Gasteiger partial charge is 0.339 e. The lowest BCUT2D eigenvalue weighted by Gasteiger charge is -2.31. The van der Waals surface area contributed by atoms with Crippen molar-refractivity contribution in [1.82, 2.24) is 10.1 Å². The predicted octanol–water partition coefficient (Wildman–Crippen LogP) is 2.86. The van der Waals surface area contributed by atoms with Crippen molar-refractivity contribution in [2.75, 3.05) is 0 Å². The van der Waals surface area contributed by atoms with Crippen LogP contribution in [-0.4, -0.2) is 15.7 Å². The molecule has 2 rings (SSSR count). The highest BCUT2D eigenvalue weighted by atomic mass is 16.5. The summed E-state index contributed by atoms with van der Waals surface area (Å²) in [6.45, 7) is 4.41. The van der Waals surface area contributed by atoms with Crippen molar-refractivity contribution < 1.29 is 4.52 Å². The Morgan fingerprint density at radius 3 is 2.67 bits per heavy atom. The average molecular weight is 251 g/mol. The van der Waals surface area contributed by atoms with Gasteiger partial charge in [-0.2, -0.15) is 4.98 Å². The lowest BCUT2D eigenvalue weighted by Crippen LogP contribution is -2.43. The molecule has 0 spiro atoms. The molecular formula is C14H25N3O. The van der Waals surface area contributed by atoms with Crippen LogP contribution in [0.15, 0.2) is 4.52 Å². The molecular weight excluding hydrogens is 226 g/mol. The maximum Gasteiger partial charge on any atom is 0.228 e. The first-order valence-electron chi connectivity index (χ1n) is 7.18. The second-order valence-corrected chi connectivity index (χ2v) is 6.14. The minimum Gasteiger partial charge on any atom is -0.339 e. The van der Waals surface area contributed by atoms with Crippen LogP contribution in [0.25, 0.3) is 0 Å². The molecule has 0 unspecified atom stereocenters. The van der Waals surface area contributed by atoms with E-state index in [1.54, 1.807) is 0 Å². The minimum absolute atomic E-state index is 0.111. The van der Waals surface area contributed by atoms with Crippen LogP contribution in [0.4, 0.5) is 0 Å². The number of nitrogens with zero attached hydrogens (tertiary/aromatic N) is 2. The third-order valence-corrected chi connectivity index (χ3v) is 3.81. The molecule has 1 saturated carbocycles. The van der Waals surface area contributed by atoms with Crippen LogP contribution >= 0.6 is 0 Å². The van der Waals surface area contributed by atoms with Crippen LogP contribution in [0.3, 0.4) is 0 Å². The molecule has 1 fully saturated rings. The SMILES string of the molecule is CC(C)CCc1noc(CC2(N)CCCCC2)n1. The van der Waals surface area contributed by atoms with Gasteiger partial charge in [-0.15, -0.1) is 0 Å². The van der Waals surface area contributed by atoms with Crippen molar-refractivity contribution in [3.8, 4) is 0 Å². The van der Waals surface area contributed by atoms with Crippen LogP contribution in [0.2, 0.25) is 0 Å². The Balaban J connectivity index is 1.89. The maximum atomic E-state index is 6.39. The van der Waals surface area contributed by atoms with E-state index in [0.29, 0.717) is 5.92 Å². The molecule has 2 N–H and O–H groups in total. The summed E-state index contributed by atoms with van der Waals surface area (Å²) in [6, 6.07) is 0. The standard InChI is InChI=1S/C14H25N3O/c1-11(2)6-7-12-16-13(18-17-12)10-14(15)8-4-3-5-9-14/h11H,3-10,15H2,1-2H3. The van der Waals surface area contributed by atoms with Crippen molar-refractivity contribution >= 4 is 0 Å². The quantitative estimate of drug-likeness (QED) is 0.874. The van der Waals surface area contributed by atoms with Gasteiger partial charge in [0.15, 0.2) is 5.82 Å². The number of nitrogens with two attached hydrogens (primary N) is 1. The first-order valence-corrected chi connectivity index (χ1v) is 7.18.